The summed E-state index contributed by atoms with van der Waals surface area (Å²) in [7, 11) is 0. The van der Waals surface area contributed by atoms with E-state index in [0.717, 1.165) is 20.2 Å². The van der Waals surface area contributed by atoms with Crippen LogP contribution in [0.25, 0.3) is 0 Å². The first-order valence-corrected chi connectivity index (χ1v) is 6.84. The number of nitrogens with zero attached hydrogens (tertiary/aromatic N) is 2. The average Bonchev–Trinajstić information content (AvgIpc) is 2.36. The van der Waals surface area contributed by atoms with Crippen LogP contribution < -0.4 is 0 Å². The molecule has 0 amide bonds. The van der Waals surface area contributed by atoms with E-state index in [4.69, 9.17) is 0 Å². The van der Waals surface area contributed by atoms with Gasteiger partial charge in [-0.05, 0) is 42.5 Å². The van der Waals surface area contributed by atoms with Gasteiger partial charge in [-0.25, -0.2) is 0 Å². The van der Waals surface area contributed by atoms with Crippen molar-refractivity contribution in [1.82, 2.24) is 0 Å². The van der Waals surface area contributed by atoms with Gasteiger partial charge in [-0.15, -0.1) is 0 Å². The van der Waals surface area contributed by atoms with Gasteiger partial charge in [0.25, 0.3) is 0 Å². The molecule has 0 aromatic heterocycles. The van der Waals surface area contributed by atoms with Crippen LogP contribution >= 0.6 is 31.9 Å². The Kier molecular flexibility index (Phi) is 4.49. The summed E-state index contributed by atoms with van der Waals surface area (Å²) < 4.78 is 1.92. The number of benzene rings is 2. The third kappa shape index (κ3) is 3.65. The van der Waals surface area contributed by atoms with Crippen LogP contribution in [-0.4, -0.2) is 5.11 Å². The van der Waals surface area contributed by atoms with E-state index in [-0.39, 0.29) is 5.75 Å². The molecule has 0 saturated carbocycles. The zero-order valence-electron chi connectivity index (χ0n) is 9.35. The van der Waals surface area contributed by atoms with Gasteiger partial charge in [0, 0.05) is 14.5 Å². The van der Waals surface area contributed by atoms with Crippen molar-refractivity contribution < 1.29 is 5.11 Å². The number of hydrogen-bond donors (Lipinski definition) is 1. The maximum absolute atomic E-state index is 9.64. The fraction of sp³-hybridized carbons (Fsp3) is 0.0769. The monoisotopic (exact) mass is 368 g/mol. The van der Waals surface area contributed by atoms with Gasteiger partial charge < -0.3 is 5.11 Å². The van der Waals surface area contributed by atoms with Crippen LogP contribution in [0.1, 0.15) is 5.56 Å². The second-order valence-corrected chi connectivity index (χ2v) is 5.48. The summed E-state index contributed by atoms with van der Waals surface area (Å²) in [4.78, 5) is 0. The number of aromatic hydroxyl groups is 1. The maximum atomic E-state index is 9.64. The van der Waals surface area contributed by atoms with Crippen LogP contribution in [0.4, 0.5) is 5.69 Å². The lowest BCUT2D eigenvalue weighted by molar-refractivity contribution is 0.468. The minimum absolute atomic E-state index is 0.230. The van der Waals surface area contributed by atoms with Gasteiger partial charge in [0.1, 0.15) is 5.75 Å². The Hall–Kier alpha value is -1.20. The van der Waals surface area contributed by atoms with E-state index in [9.17, 15) is 5.11 Å². The molecule has 5 heteroatoms. The van der Waals surface area contributed by atoms with Crippen molar-refractivity contribution in [2.24, 2.45) is 10.2 Å². The molecule has 0 atom stereocenters. The molecule has 92 valence electrons. The van der Waals surface area contributed by atoms with Gasteiger partial charge in [0.2, 0.25) is 0 Å². The van der Waals surface area contributed by atoms with Gasteiger partial charge in [0.05, 0.1) is 12.2 Å². The number of rotatable bonds is 3. The summed E-state index contributed by atoms with van der Waals surface area (Å²) in [5.41, 5.74) is 1.53. The van der Waals surface area contributed by atoms with Crippen molar-refractivity contribution in [3.8, 4) is 5.75 Å². The predicted molar refractivity (Wildman–Crippen MR) is 78.2 cm³/mol. The Morgan fingerprint density at radius 2 is 1.61 bits per heavy atom. The highest BCUT2D eigenvalue weighted by atomic mass is 79.9. The lowest BCUT2D eigenvalue weighted by Gasteiger charge is -2.01. The van der Waals surface area contributed by atoms with Crippen molar-refractivity contribution in [2.75, 3.05) is 0 Å². The van der Waals surface area contributed by atoms with Gasteiger partial charge in [-0.1, -0.05) is 31.9 Å². The van der Waals surface area contributed by atoms with Crippen molar-refractivity contribution in [3.63, 3.8) is 0 Å². The van der Waals surface area contributed by atoms with Gasteiger partial charge >= 0.3 is 0 Å². The van der Waals surface area contributed by atoms with Crippen molar-refractivity contribution in [2.45, 2.75) is 6.54 Å². The van der Waals surface area contributed by atoms with Crippen LogP contribution in [0.5, 0.6) is 5.75 Å². The van der Waals surface area contributed by atoms with E-state index in [0.29, 0.717) is 6.54 Å². The average molecular weight is 370 g/mol. The maximum Gasteiger partial charge on any atom is 0.120 e. The van der Waals surface area contributed by atoms with E-state index in [1.165, 1.54) is 0 Å². The Bertz CT molecular complexity index is 568. The standard InChI is InChI=1S/C13H10Br2N2O/c14-10-1-4-12(5-2-10)17-16-8-9-7-11(15)3-6-13(9)18/h1-7,18H,8H2. The molecule has 0 spiro atoms. The second-order valence-electron chi connectivity index (χ2n) is 3.65. The van der Waals surface area contributed by atoms with Crippen molar-refractivity contribution in [3.05, 3.63) is 57.0 Å². The molecule has 2 aromatic carbocycles. The zero-order valence-corrected chi connectivity index (χ0v) is 12.5. The molecule has 0 radical (unpaired) electrons. The summed E-state index contributed by atoms with van der Waals surface area (Å²) in [6, 6.07) is 12.8. The zero-order chi connectivity index (χ0) is 13.0. The highest BCUT2D eigenvalue weighted by Crippen LogP contribution is 2.23. The highest BCUT2D eigenvalue weighted by molar-refractivity contribution is 9.10. The normalized spacial score (nSPS) is 11.0. The minimum Gasteiger partial charge on any atom is -0.508 e. The fourth-order valence-corrected chi connectivity index (χ4v) is 2.05. The summed E-state index contributed by atoms with van der Waals surface area (Å²) >= 11 is 6.71. The summed E-state index contributed by atoms with van der Waals surface area (Å²) in [6.07, 6.45) is 0. The Morgan fingerprint density at radius 1 is 0.944 bits per heavy atom. The molecule has 0 bridgehead atoms. The van der Waals surface area contributed by atoms with Crippen LogP contribution in [0.2, 0.25) is 0 Å². The van der Waals surface area contributed by atoms with Gasteiger partial charge in [0.15, 0.2) is 0 Å². The lowest BCUT2D eigenvalue weighted by atomic mass is 10.2. The Morgan fingerprint density at radius 3 is 2.33 bits per heavy atom. The van der Waals surface area contributed by atoms with E-state index < -0.39 is 0 Å². The molecule has 0 aliphatic heterocycles. The molecule has 0 aliphatic carbocycles. The molecule has 0 saturated heterocycles. The predicted octanol–water partition coefficient (Wildman–Crippen LogP) is 5.20. The molecule has 18 heavy (non-hydrogen) atoms. The molecule has 0 aliphatic rings. The third-order valence-electron chi connectivity index (χ3n) is 2.30. The van der Waals surface area contributed by atoms with Crippen LogP contribution in [0, 0.1) is 0 Å². The summed E-state index contributed by atoms with van der Waals surface area (Å²) in [5.74, 6) is 0.230. The first kappa shape index (κ1) is 13.2. The number of azo groups is 1. The molecule has 3 nitrogen and oxygen atoms in total. The fourth-order valence-electron chi connectivity index (χ4n) is 1.38. The molecule has 0 unspecified atom stereocenters. The van der Waals surface area contributed by atoms with Crippen LogP contribution in [-0.2, 0) is 6.54 Å². The van der Waals surface area contributed by atoms with Gasteiger partial charge in [-0.2, -0.15) is 10.2 Å². The number of halogens is 2. The lowest BCUT2D eigenvalue weighted by Crippen LogP contribution is -1.82. The molecular formula is C13H10Br2N2O. The smallest absolute Gasteiger partial charge is 0.120 e. The number of phenols is 1. The first-order chi connectivity index (χ1) is 8.65. The molecular weight excluding hydrogens is 360 g/mol. The minimum atomic E-state index is 0.230. The topological polar surface area (TPSA) is 45.0 Å². The van der Waals surface area contributed by atoms with Gasteiger partial charge in [-0.3, -0.25) is 0 Å². The third-order valence-corrected chi connectivity index (χ3v) is 3.32. The molecule has 1 N–H and O–H groups in total. The SMILES string of the molecule is Oc1ccc(Br)cc1CN=Nc1ccc(Br)cc1. The van der Waals surface area contributed by atoms with E-state index in [2.05, 4.69) is 42.1 Å². The molecule has 2 aromatic rings. The van der Waals surface area contributed by atoms with E-state index in [1.807, 2.05) is 30.3 Å². The Balaban J connectivity index is 2.07. The van der Waals surface area contributed by atoms with Crippen molar-refractivity contribution in [1.29, 1.82) is 0 Å². The summed E-state index contributed by atoms with van der Waals surface area (Å²) in [5, 5.41) is 17.8. The largest absolute Gasteiger partial charge is 0.508 e. The Labute approximate surface area is 122 Å². The van der Waals surface area contributed by atoms with Crippen LogP contribution in [0.15, 0.2) is 61.6 Å². The van der Waals surface area contributed by atoms with Crippen LogP contribution in [0.3, 0.4) is 0 Å². The first-order valence-electron chi connectivity index (χ1n) is 5.25. The second kappa shape index (κ2) is 6.11. The quantitative estimate of drug-likeness (QED) is 0.742. The number of phenolic OH excluding ortho intramolecular Hbond substituents is 1. The molecule has 0 heterocycles. The highest BCUT2D eigenvalue weighted by Gasteiger charge is 2.00. The molecule has 2 rings (SSSR count). The van der Waals surface area contributed by atoms with E-state index in [1.54, 1.807) is 12.1 Å². The van der Waals surface area contributed by atoms with E-state index >= 15 is 0 Å². The van der Waals surface area contributed by atoms with Crippen molar-refractivity contribution >= 4 is 37.5 Å². The molecule has 0 fully saturated rings. The summed E-state index contributed by atoms with van der Waals surface area (Å²) in [6.45, 7) is 0.349. The number of hydrogen-bond acceptors (Lipinski definition) is 3.